The van der Waals surface area contributed by atoms with Gasteiger partial charge in [0.15, 0.2) is 0 Å². The van der Waals surface area contributed by atoms with E-state index in [9.17, 15) is 4.79 Å². The van der Waals surface area contributed by atoms with Crippen LogP contribution in [0.3, 0.4) is 0 Å². The summed E-state index contributed by atoms with van der Waals surface area (Å²) in [6.45, 7) is 7.76. The van der Waals surface area contributed by atoms with Crippen LogP contribution in [-0.4, -0.2) is 61.8 Å². The van der Waals surface area contributed by atoms with Crippen LogP contribution in [0.15, 0.2) is 12.7 Å². The van der Waals surface area contributed by atoms with E-state index in [1.54, 1.807) is 0 Å². The molecule has 0 aromatic rings. The van der Waals surface area contributed by atoms with Gasteiger partial charge in [-0.15, -0.1) is 0 Å². The number of quaternary nitrogens is 1. The van der Waals surface area contributed by atoms with E-state index in [1.807, 2.05) is 0 Å². The van der Waals surface area contributed by atoms with Crippen molar-refractivity contribution in [2.75, 3.05) is 33.8 Å². The largest absolute Gasteiger partial charge is 0.457 e. The first kappa shape index (κ1) is 18.4. The van der Waals surface area contributed by atoms with E-state index in [0.717, 1.165) is 17.6 Å². The number of ether oxygens (including phenoxy) is 1. The average molecular weight is 270 g/mol. The summed E-state index contributed by atoms with van der Waals surface area (Å²) in [6, 6.07) is 0. The van der Waals surface area contributed by atoms with Crippen molar-refractivity contribution in [1.82, 2.24) is 0 Å². The number of esters is 1. The maximum atomic E-state index is 10.6. The Morgan fingerprint density at radius 3 is 2.12 bits per heavy atom. The molecule has 0 aromatic heterocycles. The third-order valence-corrected chi connectivity index (χ3v) is 1.96. The quantitative estimate of drug-likeness (QED) is 0.319. The van der Waals surface area contributed by atoms with Crippen LogP contribution in [0.2, 0.25) is 0 Å². The van der Waals surface area contributed by atoms with Gasteiger partial charge in [0.05, 0.1) is 20.6 Å². The second-order valence-corrected chi connectivity index (χ2v) is 4.69. The maximum Gasteiger partial charge on any atom is 0.394 e. The summed E-state index contributed by atoms with van der Waals surface area (Å²) < 4.78 is 37.3. The fourth-order valence-electron chi connectivity index (χ4n) is 0.610. The molecule has 17 heavy (non-hydrogen) atoms. The van der Waals surface area contributed by atoms with Gasteiger partial charge in [0, 0.05) is 6.08 Å². The van der Waals surface area contributed by atoms with Crippen molar-refractivity contribution in [3.8, 4) is 0 Å². The normalized spacial score (nSPS) is 11.1. The molecule has 8 heteroatoms. The second kappa shape index (κ2) is 8.18. The van der Waals surface area contributed by atoms with Crippen molar-refractivity contribution in [3.63, 3.8) is 0 Å². The van der Waals surface area contributed by atoms with Gasteiger partial charge in [-0.05, 0) is 6.92 Å². The van der Waals surface area contributed by atoms with Crippen molar-refractivity contribution in [1.29, 1.82) is 0 Å². The zero-order valence-electron chi connectivity index (χ0n) is 10.3. The van der Waals surface area contributed by atoms with E-state index in [2.05, 4.69) is 27.6 Å². The fourth-order valence-corrected chi connectivity index (χ4v) is 0.610. The molecule has 2 N–H and O–H groups in total. The van der Waals surface area contributed by atoms with Gasteiger partial charge in [-0.25, -0.2) is 4.79 Å². The Kier molecular flexibility index (Phi) is 8.85. The maximum absolute atomic E-state index is 10.6. The zero-order chi connectivity index (χ0) is 14.1. The number of hydrogen-bond acceptors (Lipinski definition) is 4. The monoisotopic (exact) mass is 270 g/mol. The molecule has 0 aliphatic rings. The summed E-state index contributed by atoms with van der Waals surface area (Å²) in [5.41, 5.74) is 0. The van der Waals surface area contributed by atoms with Crippen LogP contribution in [0.4, 0.5) is 0 Å². The molecule has 0 heterocycles. The SMILES string of the molecule is C=CC(=O)OCC[N+](C)(C)CC.O=S(=O)(O)O. The van der Waals surface area contributed by atoms with Crippen LogP contribution in [0, 0.1) is 0 Å². The van der Waals surface area contributed by atoms with Gasteiger partial charge in [-0.1, -0.05) is 6.58 Å². The van der Waals surface area contributed by atoms with Crippen molar-refractivity contribution >= 4 is 16.4 Å². The predicted octanol–water partition coefficient (Wildman–Crippen LogP) is 0.159. The molecular formula is C9H20NO6S+. The first-order valence-corrected chi connectivity index (χ1v) is 6.22. The first-order chi connectivity index (χ1) is 7.52. The highest BCUT2D eigenvalue weighted by molar-refractivity contribution is 7.79. The number of likely N-dealkylation sites (N-methyl/N-ethyl adjacent to an activating group) is 1. The fraction of sp³-hybridized carbons (Fsp3) is 0.667. The molecule has 0 aromatic carbocycles. The molecule has 0 aliphatic heterocycles. The number of hydrogen-bond donors (Lipinski definition) is 2. The Labute approximate surface area is 102 Å². The van der Waals surface area contributed by atoms with Gasteiger partial charge in [0.1, 0.15) is 13.2 Å². The molecule has 0 atom stereocenters. The number of nitrogens with zero attached hydrogens (tertiary/aromatic N) is 1. The molecule has 0 rings (SSSR count). The minimum absolute atomic E-state index is 0.342. The Hall–Kier alpha value is -0.960. The molecule has 102 valence electrons. The van der Waals surface area contributed by atoms with E-state index < -0.39 is 10.4 Å². The summed E-state index contributed by atoms with van der Waals surface area (Å²) in [6.07, 6.45) is 1.19. The summed E-state index contributed by atoms with van der Waals surface area (Å²) in [5.74, 6) is -0.342. The van der Waals surface area contributed by atoms with Gasteiger partial charge in [0.2, 0.25) is 0 Å². The van der Waals surface area contributed by atoms with Crippen LogP contribution >= 0.6 is 0 Å². The Bertz CT molecular complexity index is 327. The van der Waals surface area contributed by atoms with E-state index in [4.69, 9.17) is 22.3 Å². The van der Waals surface area contributed by atoms with Gasteiger partial charge in [-0.2, -0.15) is 8.42 Å². The minimum atomic E-state index is -4.67. The van der Waals surface area contributed by atoms with Gasteiger partial charge in [0.25, 0.3) is 0 Å². The molecule has 0 aliphatic carbocycles. The van der Waals surface area contributed by atoms with Gasteiger partial charge in [-0.3, -0.25) is 9.11 Å². The summed E-state index contributed by atoms with van der Waals surface area (Å²) in [5, 5.41) is 0. The third kappa shape index (κ3) is 21.0. The Morgan fingerprint density at radius 1 is 1.41 bits per heavy atom. The molecule has 0 saturated heterocycles. The van der Waals surface area contributed by atoms with Gasteiger partial charge >= 0.3 is 16.4 Å². The molecule has 7 nitrogen and oxygen atoms in total. The predicted molar refractivity (Wildman–Crippen MR) is 62.8 cm³/mol. The zero-order valence-corrected chi connectivity index (χ0v) is 11.1. The lowest BCUT2D eigenvalue weighted by molar-refractivity contribution is -0.888. The minimum Gasteiger partial charge on any atom is -0.457 e. The number of carbonyl (C=O) groups excluding carboxylic acids is 1. The highest BCUT2D eigenvalue weighted by Gasteiger charge is 2.11. The van der Waals surface area contributed by atoms with Crippen LogP contribution in [0.25, 0.3) is 0 Å². The molecule has 0 fully saturated rings. The lowest BCUT2D eigenvalue weighted by atomic mass is 10.4. The van der Waals surface area contributed by atoms with Crippen molar-refractivity contribution in [2.45, 2.75) is 6.92 Å². The van der Waals surface area contributed by atoms with Crippen molar-refractivity contribution in [2.24, 2.45) is 0 Å². The number of rotatable bonds is 5. The first-order valence-electron chi connectivity index (χ1n) is 4.83. The van der Waals surface area contributed by atoms with E-state index in [1.165, 1.54) is 6.08 Å². The average Bonchev–Trinajstić information content (AvgIpc) is 2.14. The standard InChI is InChI=1S/C9H18NO2.H2O4S/c1-5-9(11)12-8-7-10(3,4)6-2;1-5(2,3)4/h5H,1,6-8H2,2-4H3;(H2,1,2,3,4)/q+1;. The smallest absolute Gasteiger partial charge is 0.394 e. The summed E-state index contributed by atoms with van der Waals surface area (Å²) >= 11 is 0. The lowest BCUT2D eigenvalue weighted by Gasteiger charge is -2.27. The summed E-state index contributed by atoms with van der Waals surface area (Å²) in [7, 11) is -0.469. The second-order valence-electron chi connectivity index (χ2n) is 3.80. The molecule has 0 saturated carbocycles. The van der Waals surface area contributed by atoms with Crippen molar-refractivity contribution < 1.29 is 31.5 Å². The van der Waals surface area contributed by atoms with Gasteiger partial charge < -0.3 is 9.22 Å². The van der Waals surface area contributed by atoms with Crippen LogP contribution in [0.1, 0.15) is 6.92 Å². The lowest BCUT2D eigenvalue weighted by Crippen LogP contribution is -2.42. The van der Waals surface area contributed by atoms with E-state index >= 15 is 0 Å². The highest BCUT2D eigenvalue weighted by Crippen LogP contribution is 1.95. The molecular weight excluding hydrogens is 250 g/mol. The topological polar surface area (TPSA) is 101 Å². The van der Waals surface area contributed by atoms with Crippen molar-refractivity contribution in [3.05, 3.63) is 12.7 Å². The number of carbonyl (C=O) groups is 1. The molecule has 0 spiro atoms. The Balaban J connectivity index is 0. The summed E-state index contributed by atoms with van der Waals surface area (Å²) in [4.78, 5) is 10.6. The van der Waals surface area contributed by atoms with E-state index in [-0.39, 0.29) is 5.97 Å². The van der Waals surface area contributed by atoms with E-state index in [0.29, 0.717) is 6.61 Å². The third-order valence-electron chi connectivity index (χ3n) is 1.96. The van der Waals surface area contributed by atoms with Crippen LogP contribution < -0.4 is 0 Å². The molecule has 0 amide bonds. The van der Waals surface area contributed by atoms with Crippen LogP contribution in [0.5, 0.6) is 0 Å². The Morgan fingerprint density at radius 2 is 1.82 bits per heavy atom. The van der Waals surface area contributed by atoms with Crippen LogP contribution in [-0.2, 0) is 19.9 Å². The molecule has 0 unspecified atom stereocenters. The molecule has 0 radical (unpaired) electrons. The molecule has 0 bridgehead atoms. The highest BCUT2D eigenvalue weighted by atomic mass is 32.3.